The second-order valence-electron chi connectivity index (χ2n) is 5.01. The average Bonchev–Trinajstić information content (AvgIpc) is 2.52. The number of nitrogens with two attached hydrogens (primary N) is 1. The molecule has 21 heavy (non-hydrogen) atoms. The van der Waals surface area contributed by atoms with Gasteiger partial charge < -0.3 is 10.3 Å². The van der Waals surface area contributed by atoms with E-state index in [1.807, 2.05) is 35.2 Å². The van der Waals surface area contributed by atoms with E-state index < -0.39 is 0 Å². The van der Waals surface area contributed by atoms with E-state index in [0.29, 0.717) is 11.5 Å². The van der Waals surface area contributed by atoms with Crippen LogP contribution in [0.5, 0.6) is 0 Å². The van der Waals surface area contributed by atoms with Gasteiger partial charge in [-0.05, 0) is 24.3 Å². The average molecular weight is 286 g/mol. The predicted molar refractivity (Wildman–Crippen MR) is 86.0 cm³/mol. The van der Waals surface area contributed by atoms with Crippen molar-refractivity contribution in [3.63, 3.8) is 0 Å². The molecule has 1 heterocycles. The first-order chi connectivity index (χ1) is 10.2. The summed E-state index contributed by atoms with van der Waals surface area (Å²) in [6.07, 6.45) is 1.86. The summed E-state index contributed by atoms with van der Waals surface area (Å²) in [7, 11) is 0. The third-order valence-electron chi connectivity index (χ3n) is 3.37. The summed E-state index contributed by atoms with van der Waals surface area (Å²) >= 11 is 0. The van der Waals surface area contributed by atoms with Crippen LogP contribution in [0.2, 0.25) is 0 Å². The Balaban J connectivity index is 2.43. The Morgan fingerprint density at radius 2 is 1.90 bits per heavy atom. The molecule has 5 heteroatoms. The molecule has 0 aliphatic heterocycles. The van der Waals surface area contributed by atoms with E-state index in [1.165, 1.54) is 0 Å². The number of anilines is 1. The molecule has 0 spiro atoms. The molecule has 1 amide bonds. The normalized spacial score (nSPS) is 10.6. The lowest BCUT2D eigenvalue weighted by atomic mass is 10.1. The highest BCUT2D eigenvalue weighted by Crippen LogP contribution is 2.22. The molecule has 0 saturated carbocycles. The van der Waals surface area contributed by atoms with Gasteiger partial charge in [0.1, 0.15) is 11.5 Å². The van der Waals surface area contributed by atoms with Gasteiger partial charge in [0.25, 0.3) is 5.91 Å². The number of benzene rings is 1. The highest BCUT2D eigenvalue weighted by atomic mass is 16.2. The summed E-state index contributed by atoms with van der Waals surface area (Å²) in [4.78, 5) is 18.9. The van der Waals surface area contributed by atoms with Crippen molar-refractivity contribution in [3.05, 3.63) is 36.0 Å². The molecule has 1 aromatic carbocycles. The van der Waals surface area contributed by atoms with Crippen LogP contribution in [0.25, 0.3) is 10.8 Å². The summed E-state index contributed by atoms with van der Waals surface area (Å²) in [5.41, 5.74) is 3.02. The highest BCUT2D eigenvalue weighted by Gasteiger charge is 2.17. The van der Waals surface area contributed by atoms with Gasteiger partial charge in [0.05, 0.1) is 0 Å². The van der Waals surface area contributed by atoms with Crippen molar-refractivity contribution in [2.24, 2.45) is 5.84 Å². The number of nitrogens with zero attached hydrogens (tertiary/aromatic N) is 2. The molecule has 5 nitrogen and oxygen atoms in total. The molecule has 2 aromatic rings. The Labute approximate surface area is 125 Å². The molecule has 0 saturated heterocycles. The number of fused-ring (bicyclic) bond motifs is 1. The molecule has 112 valence electrons. The van der Waals surface area contributed by atoms with Crippen molar-refractivity contribution in [1.29, 1.82) is 0 Å². The molecule has 0 fully saturated rings. The van der Waals surface area contributed by atoms with Crippen molar-refractivity contribution in [2.75, 3.05) is 18.5 Å². The van der Waals surface area contributed by atoms with E-state index in [2.05, 4.69) is 24.3 Å². The number of amides is 1. The van der Waals surface area contributed by atoms with Gasteiger partial charge in [-0.3, -0.25) is 4.79 Å². The summed E-state index contributed by atoms with van der Waals surface area (Å²) in [6, 6.07) is 9.58. The lowest BCUT2D eigenvalue weighted by Crippen LogP contribution is -2.33. The van der Waals surface area contributed by atoms with E-state index in [9.17, 15) is 4.79 Å². The van der Waals surface area contributed by atoms with Crippen molar-refractivity contribution in [3.8, 4) is 0 Å². The first-order valence-electron chi connectivity index (χ1n) is 7.36. The van der Waals surface area contributed by atoms with E-state index in [0.717, 1.165) is 36.7 Å². The Morgan fingerprint density at radius 1 is 1.24 bits per heavy atom. The summed E-state index contributed by atoms with van der Waals surface area (Å²) in [5, 5.41) is 1.87. The van der Waals surface area contributed by atoms with E-state index in [-0.39, 0.29) is 5.91 Å². The van der Waals surface area contributed by atoms with Crippen LogP contribution in [0.3, 0.4) is 0 Å². The number of nitrogens with one attached hydrogen (secondary N) is 1. The van der Waals surface area contributed by atoms with Crippen molar-refractivity contribution >= 4 is 22.5 Å². The van der Waals surface area contributed by atoms with Crippen LogP contribution in [0.4, 0.5) is 5.82 Å². The number of pyridine rings is 1. The fourth-order valence-corrected chi connectivity index (χ4v) is 2.44. The summed E-state index contributed by atoms with van der Waals surface area (Å²) in [5.74, 6) is 6.03. The highest BCUT2D eigenvalue weighted by molar-refractivity contribution is 6.00. The first-order valence-corrected chi connectivity index (χ1v) is 7.36. The molecule has 2 rings (SSSR count). The fourth-order valence-electron chi connectivity index (χ4n) is 2.44. The van der Waals surface area contributed by atoms with Crippen LogP contribution in [0.15, 0.2) is 30.3 Å². The van der Waals surface area contributed by atoms with Gasteiger partial charge in [0.2, 0.25) is 0 Å². The topological polar surface area (TPSA) is 71.2 Å². The maximum Gasteiger partial charge on any atom is 0.272 e. The first kappa shape index (κ1) is 15.3. The second kappa shape index (κ2) is 7.04. The Hall–Kier alpha value is -2.14. The number of hydrogen-bond acceptors (Lipinski definition) is 4. The zero-order valence-electron chi connectivity index (χ0n) is 12.6. The maximum absolute atomic E-state index is 12.6. The number of nitrogen functional groups attached to an aromatic ring is 1. The molecule has 0 unspecified atom stereocenters. The standard InChI is InChI=1S/C16H22N4O/c1-3-9-20(10-4-2)16(21)14-11-12-7-5-6-8-13(12)15(18-14)19-17/h5-8,11H,3-4,9-10,17H2,1-2H3,(H,18,19). The third kappa shape index (κ3) is 3.31. The monoisotopic (exact) mass is 286 g/mol. The number of carbonyl (C=O) groups is 1. The summed E-state index contributed by atoms with van der Waals surface area (Å²) < 4.78 is 0. The van der Waals surface area contributed by atoms with Crippen molar-refractivity contribution in [1.82, 2.24) is 9.88 Å². The maximum atomic E-state index is 12.6. The lowest BCUT2D eigenvalue weighted by molar-refractivity contribution is 0.0750. The summed E-state index contributed by atoms with van der Waals surface area (Å²) in [6.45, 7) is 5.62. The van der Waals surface area contributed by atoms with Crippen LogP contribution in [-0.2, 0) is 0 Å². The van der Waals surface area contributed by atoms with E-state index >= 15 is 0 Å². The smallest absolute Gasteiger partial charge is 0.272 e. The van der Waals surface area contributed by atoms with Crippen LogP contribution in [0, 0.1) is 0 Å². The molecule has 0 bridgehead atoms. The van der Waals surface area contributed by atoms with Gasteiger partial charge in [-0.15, -0.1) is 0 Å². The number of hydrogen-bond donors (Lipinski definition) is 2. The minimum absolute atomic E-state index is 0.0408. The zero-order chi connectivity index (χ0) is 15.2. The quantitative estimate of drug-likeness (QED) is 0.632. The second-order valence-corrected chi connectivity index (χ2v) is 5.01. The van der Waals surface area contributed by atoms with Gasteiger partial charge in [0, 0.05) is 18.5 Å². The molecule has 0 atom stereocenters. The van der Waals surface area contributed by atoms with E-state index in [4.69, 9.17) is 5.84 Å². The number of carbonyl (C=O) groups excluding carboxylic acids is 1. The van der Waals surface area contributed by atoms with Crippen LogP contribution in [0.1, 0.15) is 37.2 Å². The molecular formula is C16H22N4O. The molecule has 3 N–H and O–H groups in total. The molecule has 0 aliphatic carbocycles. The van der Waals surface area contributed by atoms with Crippen molar-refractivity contribution < 1.29 is 4.79 Å². The molecule has 1 aromatic heterocycles. The fraction of sp³-hybridized carbons (Fsp3) is 0.375. The molecule has 0 radical (unpaired) electrons. The van der Waals surface area contributed by atoms with Gasteiger partial charge >= 0.3 is 0 Å². The van der Waals surface area contributed by atoms with Crippen LogP contribution < -0.4 is 11.3 Å². The number of hydrazine groups is 1. The largest absolute Gasteiger partial charge is 0.337 e. The number of aromatic nitrogens is 1. The molecule has 0 aliphatic rings. The van der Waals surface area contributed by atoms with Crippen molar-refractivity contribution in [2.45, 2.75) is 26.7 Å². The van der Waals surface area contributed by atoms with Gasteiger partial charge in [-0.25, -0.2) is 10.8 Å². The molecular weight excluding hydrogens is 264 g/mol. The van der Waals surface area contributed by atoms with Crippen LogP contribution >= 0.6 is 0 Å². The van der Waals surface area contributed by atoms with Crippen LogP contribution in [-0.4, -0.2) is 28.9 Å². The van der Waals surface area contributed by atoms with Gasteiger partial charge in [-0.1, -0.05) is 38.1 Å². The third-order valence-corrected chi connectivity index (χ3v) is 3.37. The minimum atomic E-state index is -0.0408. The predicted octanol–water partition coefficient (Wildman–Crippen LogP) is 2.78. The minimum Gasteiger partial charge on any atom is -0.337 e. The lowest BCUT2D eigenvalue weighted by Gasteiger charge is -2.21. The van der Waals surface area contributed by atoms with Gasteiger partial charge in [-0.2, -0.15) is 0 Å². The van der Waals surface area contributed by atoms with E-state index in [1.54, 1.807) is 0 Å². The zero-order valence-corrected chi connectivity index (χ0v) is 12.6. The SMILES string of the molecule is CCCN(CCC)C(=O)c1cc2ccccc2c(NN)n1. The number of rotatable bonds is 6. The van der Waals surface area contributed by atoms with Gasteiger partial charge in [0.15, 0.2) is 0 Å². The Kier molecular flexibility index (Phi) is 5.11. The Bertz CT molecular complexity index is 621. The Morgan fingerprint density at radius 3 is 2.52 bits per heavy atom.